The van der Waals surface area contributed by atoms with E-state index in [0.29, 0.717) is 6.42 Å². The van der Waals surface area contributed by atoms with Crippen LogP contribution in [0.25, 0.3) is 0 Å². The van der Waals surface area contributed by atoms with Gasteiger partial charge in [-0.05, 0) is 13.8 Å². The molecule has 1 saturated heterocycles. The molecule has 0 bridgehead atoms. The van der Waals surface area contributed by atoms with Crippen LogP contribution in [0.2, 0.25) is 0 Å². The van der Waals surface area contributed by atoms with Gasteiger partial charge in [0.2, 0.25) is 0 Å². The number of ether oxygens (including phenoxy) is 2. The maximum atomic E-state index is 9.10. The second-order valence-electron chi connectivity index (χ2n) is 3.27. The molecule has 4 heteroatoms. The number of hydrogen-bond donors (Lipinski definition) is 2. The molecule has 0 radical (unpaired) electrons. The van der Waals surface area contributed by atoms with Crippen molar-refractivity contribution in [2.45, 2.75) is 44.9 Å². The lowest BCUT2D eigenvalue weighted by atomic mass is 10.2. The Labute approximate surface area is 72.1 Å². The van der Waals surface area contributed by atoms with Gasteiger partial charge in [0.1, 0.15) is 6.10 Å². The van der Waals surface area contributed by atoms with Gasteiger partial charge in [0.15, 0.2) is 6.29 Å². The smallest absolute Gasteiger partial charge is 0.157 e. The summed E-state index contributed by atoms with van der Waals surface area (Å²) in [4.78, 5) is 0. The topological polar surface area (TPSA) is 58.9 Å². The summed E-state index contributed by atoms with van der Waals surface area (Å²) in [5.74, 6) is 0. The second-order valence-corrected chi connectivity index (χ2v) is 3.27. The minimum atomic E-state index is -0.786. The number of rotatable bonds is 3. The first-order chi connectivity index (χ1) is 5.63. The van der Waals surface area contributed by atoms with E-state index in [9.17, 15) is 0 Å². The summed E-state index contributed by atoms with van der Waals surface area (Å²) in [6.45, 7) is 3.73. The molecule has 72 valence electrons. The number of hydrogen-bond acceptors (Lipinski definition) is 4. The highest BCUT2D eigenvalue weighted by atomic mass is 16.6. The van der Waals surface area contributed by atoms with Crippen LogP contribution in [0.15, 0.2) is 0 Å². The van der Waals surface area contributed by atoms with Crippen LogP contribution in [0, 0.1) is 0 Å². The van der Waals surface area contributed by atoms with Crippen molar-refractivity contribution in [2.75, 3.05) is 6.61 Å². The molecule has 0 aromatic heterocycles. The van der Waals surface area contributed by atoms with E-state index in [-0.39, 0.29) is 24.9 Å². The van der Waals surface area contributed by atoms with Gasteiger partial charge in [0.05, 0.1) is 18.8 Å². The molecule has 0 aromatic carbocycles. The molecule has 1 aliphatic heterocycles. The Hall–Kier alpha value is -0.160. The van der Waals surface area contributed by atoms with E-state index in [2.05, 4.69) is 0 Å². The van der Waals surface area contributed by atoms with Crippen LogP contribution < -0.4 is 0 Å². The SMILES string of the molecule is CC(C)O[C@H]1C[C@@H](O)O[C@@H]1CO. The van der Waals surface area contributed by atoms with Gasteiger partial charge in [0.25, 0.3) is 0 Å². The van der Waals surface area contributed by atoms with Gasteiger partial charge in [-0.1, -0.05) is 0 Å². The normalized spacial score (nSPS) is 36.2. The summed E-state index contributed by atoms with van der Waals surface area (Å²) >= 11 is 0. The van der Waals surface area contributed by atoms with Crippen LogP contribution >= 0.6 is 0 Å². The second kappa shape index (κ2) is 4.18. The average Bonchev–Trinajstić information content (AvgIpc) is 2.29. The van der Waals surface area contributed by atoms with Crippen LogP contribution in [0.4, 0.5) is 0 Å². The number of aliphatic hydroxyl groups excluding tert-OH is 2. The molecular formula is C8H16O4. The van der Waals surface area contributed by atoms with Gasteiger partial charge in [-0.3, -0.25) is 0 Å². The van der Waals surface area contributed by atoms with E-state index in [1.807, 2.05) is 13.8 Å². The minimum absolute atomic E-state index is 0.0953. The van der Waals surface area contributed by atoms with E-state index in [4.69, 9.17) is 19.7 Å². The Kier molecular flexibility index (Phi) is 3.46. The Morgan fingerprint density at radius 3 is 2.75 bits per heavy atom. The Bertz CT molecular complexity index is 137. The molecular weight excluding hydrogens is 160 g/mol. The summed E-state index contributed by atoms with van der Waals surface area (Å²) in [6, 6.07) is 0. The first-order valence-corrected chi connectivity index (χ1v) is 4.23. The van der Waals surface area contributed by atoms with E-state index in [0.717, 1.165) is 0 Å². The third-order valence-electron chi connectivity index (χ3n) is 1.81. The molecule has 0 unspecified atom stereocenters. The van der Waals surface area contributed by atoms with Crippen molar-refractivity contribution in [1.82, 2.24) is 0 Å². The first kappa shape index (κ1) is 9.92. The molecule has 3 atom stereocenters. The van der Waals surface area contributed by atoms with Crippen molar-refractivity contribution in [3.63, 3.8) is 0 Å². The van der Waals surface area contributed by atoms with E-state index >= 15 is 0 Å². The van der Waals surface area contributed by atoms with Gasteiger partial charge in [0, 0.05) is 6.42 Å². The maximum absolute atomic E-state index is 9.10. The summed E-state index contributed by atoms with van der Waals surface area (Å²) in [7, 11) is 0. The van der Waals surface area contributed by atoms with Crippen molar-refractivity contribution >= 4 is 0 Å². The zero-order valence-electron chi connectivity index (χ0n) is 7.43. The van der Waals surface area contributed by atoms with Crippen molar-refractivity contribution < 1.29 is 19.7 Å². The fourth-order valence-electron chi connectivity index (χ4n) is 1.35. The highest BCUT2D eigenvalue weighted by Gasteiger charge is 2.34. The lowest BCUT2D eigenvalue weighted by molar-refractivity contribution is -0.115. The number of aliphatic hydroxyl groups is 2. The molecule has 0 amide bonds. The van der Waals surface area contributed by atoms with Crippen LogP contribution in [0.1, 0.15) is 20.3 Å². The fraction of sp³-hybridized carbons (Fsp3) is 1.00. The monoisotopic (exact) mass is 176 g/mol. The molecule has 0 aliphatic carbocycles. The van der Waals surface area contributed by atoms with E-state index in [1.54, 1.807) is 0 Å². The lowest BCUT2D eigenvalue weighted by Gasteiger charge is -2.18. The van der Waals surface area contributed by atoms with Crippen molar-refractivity contribution in [2.24, 2.45) is 0 Å². The van der Waals surface area contributed by atoms with E-state index in [1.165, 1.54) is 0 Å². The molecule has 1 fully saturated rings. The van der Waals surface area contributed by atoms with Gasteiger partial charge in [-0.2, -0.15) is 0 Å². The molecule has 1 heterocycles. The fourth-order valence-corrected chi connectivity index (χ4v) is 1.35. The van der Waals surface area contributed by atoms with Gasteiger partial charge in [-0.15, -0.1) is 0 Å². The van der Waals surface area contributed by atoms with Gasteiger partial charge in [-0.25, -0.2) is 0 Å². The molecule has 1 aliphatic rings. The van der Waals surface area contributed by atoms with Crippen molar-refractivity contribution in [3.05, 3.63) is 0 Å². The highest BCUT2D eigenvalue weighted by molar-refractivity contribution is 4.78. The minimum Gasteiger partial charge on any atom is -0.394 e. The standard InChI is InChI=1S/C8H16O4/c1-5(2)11-6-3-8(10)12-7(6)4-9/h5-10H,3-4H2,1-2H3/t6-,7+,8-/m0/s1. The quantitative estimate of drug-likeness (QED) is 0.629. The maximum Gasteiger partial charge on any atom is 0.157 e. The van der Waals surface area contributed by atoms with Crippen LogP contribution in [0.5, 0.6) is 0 Å². The summed E-state index contributed by atoms with van der Waals surface area (Å²) in [5, 5.41) is 18.0. The lowest BCUT2D eigenvalue weighted by Crippen LogP contribution is -2.29. The van der Waals surface area contributed by atoms with Crippen molar-refractivity contribution in [3.8, 4) is 0 Å². The largest absolute Gasteiger partial charge is 0.394 e. The Balaban J connectivity index is 2.40. The predicted octanol–water partition coefficient (Wildman–Crippen LogP) is -0.120. The zero-order valence-corrected chi connectivity index (χ0v) is 7.43. The first-order valence-electron chi connectivity index (χ1n) is 4.23. The van der Waals surface area contributed by atoms with Gasteiger partial charge < -0.3 is 19.7 Å². The molecule has 0 spiro atoms. The predicted molar refractivity (Wildman–Crippen MR) is 42.6 cm³/mol. The van der Waals surface area contributed by atoms with Crippen LogP contribution in [0.3, 0.4) is 0 Å². The Morgan fingerprint density at radius 2 is 2.25 bits per heavy atom. The van der Waals surface area contributed by atoms with Crippen LogP contribution in [-0.4, -0.2) is 41.4 Å². The molecule has 0 aromatic rings. The molecule has 2 N–H and O–H groups in total. The average molecular weight is 176 g/mol. The molecule has 12 heavy (non-hydrogen) atoms. The molecule has 4 nitrogen and oxygen atoms in total. The van der Waals surface area contributed by atoms with E-state index < -0.39 is 6.29 Å². The molecule has 1 rings (SSSR count). The summed E-state index contributed by atoms with van der Waals surface area (Å²) in [5.41, 5.74) is 0. The Morgan fingerprint density at radius 1 is 1.58 bits per heavy atom. The zero-order chi connectivity index (χ0) is 9.14. The van der Waals surface area contributed by atoms with Crippen LogP contribution in [-0.2, 0) is 9.47 Å². The summed E-state index contributed by atoms with van der Waals surface area (Å²) in [6.07, 6.45) is -0.792. The summed E-state index contributed by atoms with van der Waals surface area (Å²) < 4.78 is 10.4. The third-order valence-corrected chi connectivity index (χ3v) is 1.81. The highest BCUT2D eigenvalue weighted by Crippen LogP contribution is 2.22. The van der Waals surface area contributed by atoms with Crippen molar-refractivity contribution in [1.29, 1.82) is 0 Å². The third kappa shape index (κ3) is 2.42. The van der Waals surface area contributed by atoms with Gasteiger partial charge >= 0.3 is 0 Å². The molecule has 0 saturated carbocycles.